The third-order valence-electron chi connectivity index (χ3n) is 5.71. The zero-order valence-electron chi connectivity index (χ0n) is 17.0. The van der Waals surface area contributed by atoms with Crippen molar-refractivity contribution in [2.24, 2.45) is 5.41 Å². The molecule has 1 saturated carbocycles. The average molecular weight is 457 g/mol. The summed E-state index contributed by atoms with van der Waals surface area (Å²) in [6, 6.07) is 4.02. The number of pyridine rings is 1. The normalized spacial score (nSPS) is 18.0. The molecule has 0 N–H and O–H groups in total. The van der Waals surface area contributed by atoms with Gasteiger partial charge in [0.15, 0.2) is 5.78 Å². The highest BCUT2D eigenvalue weighted by Gasteiger charge is 2.44. The fourth-order valence-corrected chi connectivity index (χ4v) is 4.12. The van der Waals surface area contributed by atoms with Crippen molar-refractivity contribution in [1.82, 2.24) is 4.98 Å². The largest absolute Gasteiger partial charge is 0.492 e. The van der Waals surface area contributed by atoms with Gasteiger partial charge in [-0.25, -0.2) is 9.37 Å². The van der Waals surface area contributed by atoms with E-state index in [1.54, 1.807) is 11.0 Å². The highest BCUT2D eigenvalue weighted by atomic mass is 35.5. The van der Waals surface area contributed by atoms with Crippen LogP contribution >= 0.6 is 11.6 Å². The molecule has 0 spiro atoms. The number of benzene rings is 1. The molecule has 31 heavy (non-hydrogen) atoms. The highest BCUT2D eigenvalue weighted by molar-refractivity contribution is 6.29. The molecular weight excluding hydrogens is 436 g/mol. The van der Waals surface area contributed by atoms with Gasteiger partial charge in [-0.1, -0.05) is 18.5 Å². The van der Waals surface area contributed by atoms with E-state index in [0.29, 0.717) is 18.8 Å². The fourth-order valence-electron chi connectivity index (χ4n) is 3.97. The van der Waals surface area contributed by atoms with Gasteiger partial charge in [0, 0.05) is 30.8 Å². The molecule has 166 valence electrons. The number of Topliss-reactive ketones (excluding diaryl/α,β-unsaturated/α-hetero) is 1. The number of halogens is 5. The van der Waals surface area contributed by atoms with Crippen LogP contribution in [-0.4, -0.2) is 30.5 Å². The number of aromatic nitrogens is 1. The Bertz CT molecular complexity index is 1030. The Morgan fingerprint density at radius 2 is 1.97 bits per heavy atom. The second-order valence-electron chi connectivity index (χ2n) is 8.68. The lowest BCUT2D eigenvalue weighted by Gasteiger charge is -2.49. The molecule has 1 saturated heterocycles. The highest BCUT2D eigenvalue weighted by Crippen LogP contribution is 2.46. The molecule has 1 aliphatic heterocycles. The first-order valence-electron chi connectivity index (χ1n) is 9.92. The van der Waals surface area contributed by atoms with Crippen LogP contribution in [0.5, 0.6) is 5.75 Å². The molecule has 0 amide bonds. The third kappa shape index (κ3) is 4.49. The van der Waals surface area contributed by atoms with Gasteiger partial charge in [-0.15, -0.1) is 0 Å². The van der Waals surface area contributed by atoms with Gasteiger partial charge in [-0.05, 0) is 43.4 Å². The molecule has 0 bridgehead atoms. The van der Waals surface area contributed by atoms with Gasteiger partial charge in [0.2, 0.25) is 0 Å². The SMILES string of the molecule is CC(=O)c1cc(C2CC2)c(OCC2(C)CN(c3cc(Cl)ncc3C(F)(F)F)C2)cc1F. The first kappa shape index (κ1) is 21.9. The number of carbonyl (C=O) groups excluding carboxylic acids is 1. The molecule has 9 heteroatoms. The number of carbonyl (C=O) groups is 1. The van der Waals surface area contributed by atoms with Crippen LogP contribution < -0.4 is 9.64 Å². The number of hydrogen-bond acceptors (Lipinski definition) is 4. The van der Waals surface area contributed by atoms with E-state index in [-0.39, 0.29) is 34.7 Å². The lowest BCUT2D eigenvalue weighted by molar-refractivity contribution is -0.137. The molecule has 1 aromatic heterocycles. The third-order valence-corrected chi connectivity index (χ3v) is 5.92. The smallest absolute Gasteiger partial charge is 0.419 e. The predicted octanol–water partition coefficient (Wildman–Crippen LogP) is 5.88. The van der Waals surface area contributed by atoms with E-state index in [4.69, 9.17) is 16.3 Å². The van der Waals surface area contributed by atoms with Crippen LogP contribution in [0.15, 0.2) is 24.4 Å². The summed E-state index contributed by atoms with van der Waals surface area (Å²) in [5.41, 5.74) is -0.413. The zero-order chi connectivity index (χ0) is 22.6. The van der Waals surface area contributed by atoms with E-state index < -0.39 is 23.0 Å². The summed E-state index contributed by atoms with van der Waals surface area (Å²) >= 11 is 5.82. The van der Waals surface area contributed by atoms with Crippen molar-refractivity contribution in [3.63, 3.8) is 0 Å². The van der Waals surface area contributed by atoms with Crippen LogP contribution in [-0.2, 0) is 6.18 Å². The maximum atomic E-state index is 14.3. The van der Waals surface area contributed by atoms with Crippen LogP contribution in [0, 0.1) is 11.2 Å². The second-order valence-corrected chi connectivity index (χ2v) is 9.06. The summed E-state index contributed by atoms with van der Waals surface area (Å²) in [7, 11) is 0. The van der Waals surface area contributed by atoms with Crippen LogP contribution in [0.4, 0.5) is 23.2 Å². The first-order chi connectivity index (χ1) is 14.5. The molecule has 1 aliphatic carbocycles. The Morgan fingerprint density at radius 1 is 1.29 bits per heavy atom. The Kier molecular flexibility index (Phi) is 5.40. The summed E-state index contributed by atoms with van der Waals surface area (Å²) < 4.78 is 60.2. The van der Waals surface area contributed by atoms with E-state index in [1.165, 1.54) is 19.1 Å². The van der Waals surface area contributed by atoms with Crippen molar-refractivity contribution < 1.29 is 27.1 Å². The summed E-state index contributed by atoms with van der Waals surface area (Å²) in [4.78, 5) is 16.8. The number of anilines is 1. The summed E-state index contributed by atoms with van der Waals surface area (Å²) in [6.07, 6.45) is -1.89. The van der Waals surface area contributed by atoms with E-state index >= 15 is 0 Å². The zero-order valence-corrected chi connectivity index (χ0v) is 17.8. The molecule has 0 radical (unpaired) electrons. The number of alkyl halides is 3. The number of rotatable bonds is 6. The van der Waals surface area contributed by atoms with Crippen molar-refractivity contribution in [1.29, 1.82) is 0 Å². The van der Waals surface area contributed by atoms with Crippen molar-refractivity contribution in [3.05, 3.63) is 52.1 Å². The maximum absolute atomic E-state index is 14.3. The van der Waals surface area contributed by atoms with Crippen LogP contribution in [0.1, 0.15) is 54.1 Å². The lowest BCUT2D eigenvalue weighted by atomic mass is 9.82. The molecule has 4 nitrogen and oxygen atoms in total. The van der Waals surface area contributed by atoms with Gasteiger partial charge in [0.05, 0.1) is 23.4 Å². The van der Waals surface area contributed by atoms with Crippen LogP contribution in [0.3, 0.4) is 0 Å². The molecule has 2 fully saturated rings. The van der Waals surface area contributed by atoms with Crippen molar-refractivity contribution in [2.75, 3.05) is 24.6 Å². The predicted molar refractivity (Wildman–Crippen MR) is 108 cm³/mol. The van der Waals surface area contributed by atoms with Crippen molar-refractivity contribution in [3.8, 4) is 5.75 Å². The monoisotopic (exact) mass is 456 g/mol. The molecule has 4 rings (SSSR count). The maximum Gasteiger partial charge on any atom is 0.419 e. The van der Waals surface area contributed by atoms with Crippen molar-refractivity contribution >= 4 is 23.1 Å². The number of ether oxygens (including phenoxy) is 1. The van der Waals surface area contributed by atoms with Gasteiger partial charge in [-0.3, -0.25) is 4.79 Å². The molecule has 2 aliphatic rings. The molecule has 1 aromatic carbocycles. The topological polar surface area (TPSA) is 42.4 Å². The minimum absolute atomic E-state index is 0.0111. The number of hydrogen-bond donors (Lipinski definition) is 0. The summed E-state index contributed by atoms with van der Waals surface area (Å²) in [6.45, 7) is 4.07. The van der Waals surface area contributed by atoms with Gasteiger partial charge >= 0.3 is 6.18 Å². The first-order valence-corrected chi connectivity index (χ1v) is 10.3. The van der Waals surface area contributed by atoms with Gasteiger partial charge < -0.3 is 9.64 Å². The molecule has 0 atom stereocenters. The summed E-state index contributed by atoms with van der Waals surface area (Å²) in [5, 5.41) is -0.0111. The fraction of sp³-hybridized carbons (Fsp3) is 0.455. The lowest BCUT2D eigenvalue weighted by Crippen LogP contribution is -2.58. The molecule has 2 heterocycles. The van der Waals surface area contributed by atoms with E-state index in [9.17, 15) is 22.4 Å². The van der Waals surface area contributed by atoms with E-state index in [2.05, 4.69) is 4.98 Å². The second kappa shape index (κ2) is 7.65. The minimum atomic E-state index is -4.54. The Labute approximate surface area is 182 Å². The average Bonchev–Trinajstić information content (AvgIpc) is 3.47. The molecule has 2 aromatic rings. The van der Waals surface area contributed by atoms with Crippen LogP contribution in [0.2, 0.25) is 5.15 Å². The number of ketones is 1. The Morgan fingerprint density at radius 3 is 2.55 bits per heavy atom. The van der Waals surface area contributed by atoms with E-state index in [0.717, 1.165) is 24.6 Å². The Balaban J connectivity index is 1.48. The standard InChI is InChI=1S/C22H21ClF4N2O2/c1-12(30)14-5-15(13-3-4-13)19(6-17(14)24)31-11-21(2)9-29(10-21)18-7-20(23)28-8-16(18)22(25,26)27/h5-8,13H,3-4,9-11H2,1-2H3. The van der Waals surface area contributed by atoms with Crippen molar-refractivity contribution in [2.45, 2.75) is 38.8 Å². The van der Waals surface area contributed by atoms with E-state index in [1.807, 2.05) is 6.92 Å². The van der Waals surface area contributed by atoms with Crippen LogP contribution in [0.25, 0.3) is 0 Å². The van der Waals surface area contributed by atoms with Gasteiger partial charge in [0.25, 0.3) is 0 Å². The number of nitrogens with zero attached hydrogens (tertiary/aromatic N) is 2. The van der Waals surface area contributed by atoms with Gasteiger partial charge in [-0.2, -0.15) is 13.2 Å². The molecular formula is C22H21ClF4N2O2. The molecule has 0 unspecified atom stereocenters. The Hall–Kier alpha value is -2.35. The minimum Gasteiger partial charge on any atom is -0.492 e. The van der Waals surface area contributed by atoms with Gasteiger partial charge in [0.1, 0.15) is 16.7 Å². The quantitative estimate of drug-likeness (QED) is 0.309. The summed E-state index contributed by atoms with van der Waals surface area (Å²) in [5.74, 6) is -0.335.